The number of hydrogen-bond acceptors (Lipinski definition) is 1. The second kappa shape index (κ2) is 4.05. The minimum atomic E-state index is -4.52. The van der Waals surface area contributed by atoms with Gasteiger partial charge < -0.3 is 4.57 Å². The van der Waals surface area contributed by atoms with Crippen LogP contribution in [0.15, 0.2) is 18.2 Å². The summed E-state index contributed by atoms with van der Waals surface area (Å²) in [6, 6.07) is 6.70. The van der Waals surface area contributed by atoms with Crippen LogP contribution in [-0.4, -0.2) is 4.57 Å². The number of benzene rings is 1. The molecule has 0 saturated carbocycles. The van der Waals surface area contributed by atoms with Gasteiger partial charge in [-0.3, -0.25) is 0 Å². The number of nitrogens with zero attached hydrogens (tertiary/aromatic N) is 2. The number of fused-ring (bicyclic) bond motifs is 1. The number of aryl methyl sites for hydroxylation is 2. The standard InChI is InChI=1S/C13H11F3N2/c1-3-8-5-4-6-9-10(7-17)12(13(14,15)16)18(2)11(8)9/h4-6H,3H2,1-2H3. The van der Waals surface area contributed by atoms with E-state index in [0.717, 1.165) is 10.1 Å². The molecule has 0 unspecified atom stereocenters. The quantitative estimate of drug-likeness (QED) is 0.761. The van der Waals surface area contributed by atoms with Crippen molar-refractivity contribution in [2.45, 2.75) is 19.5 Å². The first-order chi connectivity index (χ1) is 8.41. The second-order valence-corrected chi connectivity index (χ2v) is 4.06. The van der Waals surface area contributed by atoms with E-state index >= 15 is 0 Å². The van der Waals surface area contributed by atoms with Crippen LogP contribution in [0, 0.1) is 11.3 Å². The highest BCUT2D eigenvalue weighted by Gasteiger charge is 2.38. The lowest BCUT2D eigenvalue weighted by molar-refractivity contribution is -0.143. The lowest BCUT2D eigenvalue weighted by atomic mass is 10.1. The predicted molar refractivity (Wildman–Crippen MR) is 62.0 cm³/mol. The predicted octanol–water partition coefficient (Wildman–Crippen LogP) is 3.63. The van der Waals surface area contributed by atoms with Crippen molar-refractivity contribution in [1.29, 1.82) is 5.26 Å². The first kappa shape index (κ1) is 12.5. The topological polar surface area (TPSA) is 28.7 Å². The zero-order valence-corrected chi connectivity index (χ0v) is 9.97. The van der Waals surface area contributed by atoms with Crippen molar-refractivity contribution in [3.63, 3.8) is 0 Å². The SMILES string of the molecule is CCc1cccc2c(C#N)c(C(F)(F)F)n(C)c12. The maximum Gasteiger partial charge on any atom is 0.432 e. The van der Waals surface area contributed by atoms with Crippen molar-refractivity contribution in [1.82, 2.24) is 4.57 Å². The molecule has 94 valence electrons. The molecule has 1 aromatic carbocycles. The minimum absolute atomic E-state index is 0.296. The van der Waals surface area contributed by atoms with Crippen molar-refractivity contribution in [3.05, 3.63) is 35.0 Å². The Morgan fingerprint density at radius 2 is 2.00 bits per heavy atom. The first-order valence-electron chi connectivity index (χ1n) is 5.49. The molecule has 2 rings (SSSR count). The molecule has 0 amide bonds. The van der Waals surface area contributed by atoms with Crippen molar-refractivity contribution in [2.75, 3.05) is 0 Å². The van der Waals surface area contributed by atoms with Gasteiger partial charge in [0, 0.05) is 12.4 Å². The monoisotopic (exact) mass is 252 g/mol. The van der Waals surface area contributed by atoms with E-state index in [-0.39, 0.29) is 5.56 Å². The van der Waals surface area contributed by atoms with Crippen LogP contribution < -0.4 is 0 Å². The Labute approximate surface area is 102 Å². The van der Waals surface area contributed by atoms with Gasteiger partial charge in [-0.05, 0) is 12.0 Å². The highest BCUT2D eigenvalue weighted by atomic mass is 19.4. The molecule has 5 heteroatoms. The molecule has 2 nitrogen and oxygen atoms in total. The first-order valence-corrected chi connectivity index (χ1v) is 5.49. The van der Waals surface area contributed by atoms with Gasteiger partial charge in [0.2, 0.25) is 0 Å². The molecule has 0 fully saturated rings. The fourth-order valence-corrected chi connectivity index (χ4v) is 2.33. The number of hydrogen-bond donors (Lipinski definition) is 0. The van der Waals surface area contributed by atoms with E-state index in [1.54, 1.807) is 24.3 Å². The molecule has 0 aliphatic heterocycles. The molecule has 0 radical (unpaired) electrons. The van der Waals surface area contributed by atoms with E-state index in [1.807, 2.05) is 6.92 Å². The zero-order chi connectivity index (χ0) is 13.5. The Kier molecular flexibility index (Phi) is 2.81. The Bertz CT molecular complexity index is 645. The van der Waals surface area contributed by atoms with Crippen LogP contribution in [0.4, 0.5) is 13.2 Å². The molecule has 1 heterocycles. The molecule has 0 saturated heterocycles. The fraction of sp³-hybridized carbons (Fsp3) is 0.308. The summed E-state index contributed by atoms with van der Waals surface area (Å²) >= 11 is 0. The van der Waals surface area contributed by atoms with Gasteiger partial charge in [-0.2, -0.15) is 18.4 Å². The molecule has 1 aromatic heterocycles. The number of para-hydroxylation sites is 1. The van der Waals surface area contributed by atoms with Gasteiger partial charge in [-0.15, -0.1) is 0 Å². The maximum atomic E-state index is 13.0. The molecule has 0 N–H and O–H groups in total. The maximum absolute atomic E-state index is 13.0. The van der Waals surface area contributed by atoms with Gasteiger partial charge in [0.1, 0.15) is 11.8 Å². The summed E-state index contributed by atoms with van der Waals surface area (Å²) in [7, 11) is 1.35. The van der Waals surface area contributed by atoms with Gasteiger partial charge in [-0.25, -0.2) is 0 Å². The second-order valence-electron chi connectivity index (χ2n) is 4.06. The molecule has 0 aliphatic carbocycles. The van der Waals surface area contributed by atoms with Gasteiger partial charge in [0.25, 0.3) is 0 Å². The summed E-state index contributed by atoms with van der Waals surface area (Å²) < 4.78 is 40.1. The number of halogens is 3. The van der Waals surface area contributed by atoms with Crippen LogP contribution >= 0.6 is 0 Å². The average molecular weight is 252 g/mol. The molecule has 18 heavy (non-hydrogen) atoms. The van der Waals surface area contributed by atoms with Crippen LogP contribution in [0.2, 0.25) is 0 Å². The largest absolute Gasteiger partial charge is 0.432 e. The van der Waals surface area contributed by atoms with Crippen molar-refractivity contribution >= 4 is 10.9 Å². The summed E-state index contributed by atoms with van der Waals surface area (Å²) in [6.45, 7) is 1.88. The summed E-state index contributed by atoms with van der Waals surface area (Å²) in [5, 5.41) is 9.36. The van der Waals surface area contributed by atoms with Crippen molar-refractivity contribution in [3.8, 4) is 6.07 Å². The van der Waals surface area contributed by atoms with E-state index in [9.17, 15) is 13.2 Å². The van der Waals surface area contributed by atoms with E-state index in [2.05, 4.69) is 0 Å². The number of rotatable bonds is 1. The Morgan fingerprint density at radius 3 is 2.50 bits per heavy atom. The highest BCUT2D eigenvalue weighted by molar-refractivity contribution is 5.90. The molecular weight excluding hydrogens is 241 g/mol. The molecule has 2 aromatic rings. The van der Waals surface area contributed by atoms with Crippen LogP contribution in [0.3, 0.4) is 0 Å². The Morgan fingerprint density at radius 1 is 1.33 bits per heavy atom. The van der Waals surface area contributed by atoms with E-state index in [4.69, 9.17) is 5.26 Å². The summed E-state index contributed by atoms with van der Waals surface area (Å²) in [5.41, 5.74) is 0.127. The summed E-state index contributed by atoms with van der Waals surface area (Å²) in [5.74, 6) is 0. The zero-order valence-electron chi connectivity index (χ0n) is 9.97. The van der Waals surface area contributed by atoms with Crippen LogP contribution in [0.25, 0.3) is 10.9 Å². The Balaban J connectivity index is 2.98. The number of alkyl halides is 3. The Hall–Kier alpha value is -1.96. The van der Waals surface area contributed by atoms with E-state index < -0.39 is 11.9 Å². The van der Waals surface area contributed by atoms with Gasteiger partial charge in [0.05, 0.1) is 11.1 Å². The third-order valence-electron chi connectivity index (χ3n) is 3.06. The van der Waals surface area contributed by atoms with Crippen molar-refractivity contribution in [2.24, 2.45) is 7.05 Å². The normalized spacial score (nSPS) is 11.8. The van der Waals surface area contributed by atoms with Gasteiger partial charge >= 0.3 is 6.18 Å². The number of aromatic nitrogens is 1. The smallest absolute Gasteiger partial charge is 0.339 e. The average Bonchev–Trinajstić information content (AvgIpc) is 2.61. The van der Waals surface area contributed by atoms with Crippen LogP contribution in [-0.2, 0) is 19.6 Å². The summed E-state index contributed by atoms with van der Waals surface area (Å²) in [4.78, 5) is 0. The van der Waals surface area contributed by atoms with Gasteiger partial charge in [-0.1, -0.05) is 25.1 Å². The molecule has 0 aliphatic rings. The third kappa shape index (κ3) is 1.65. The molecule has 0 bridgehead atoms. The lowest BCUT2D eigenvalue weighted by Gasteiger charge is -2.09. The highest BCUT2D eigenvalue weighted by Crippen LogP contribution is 2.38. The third-order valence-corrected chi connectivity index (χ3v) is 3.06. The van der Waals surface area contributed by atoms with E-state index in [0.29, 0.717) is 17.3 Å². The van der Waals surface area contributed by atoms with Gasteiger partial charge in [0.15, 0.2) is 0 Å². The molecular formula is C13H11F3N2. The fourth-order valence-electron chi connectivity index (χ4n) is 2.33. The minimum Gasteiger partial charge on any atom is -0.339 e. The number of nitriles is 1. The molecule has 0 atom stereocenters. The van der Waals surface area contributed by atoms with Crippen LogP contribution in [0.1, 0.15) is 23.7 Å². The van der Waals surface area contributed by atoms with Crippen molar-refractivity contribution < 1.29 is 13.2 Å². The van der Waals surface area contributed by atoms with E-state index in [1.165, 1.54) is 7.05 Å². The van der Waals surface area contributed by atoms with Crippen LogP contribution in [0.5, 0.6) is 0 Å². The summed E-state index contributed by atoms with van der Waals surface area (Å²) in [6.07, 6.45) is -3.90. The lowest BCUT2D eigenvalue weighted by Crippen LogP contribution is -2.12. The molecule has 0 spiro atoms.